The molecule has 0 atom stereocenters. The van der Waals surface area contributed by atoms with Crippen molar-refractivity contribution in [1.29, 1.82) is 0 Å². The zero-order valence-corrected chi connectivity index (χ0v) is 13.6. The lowest BCUT2D eigenvalue weighted by Gasteiger charge is -2.10. The molecule has 0 aliphatic heterocycles. The van der Waals surface area contributed by atoms with Gasteiger partial charge in [-0.05, 0) is 12.1 Å². The fraction of sp³-hybridized carbons (Fsp3) is 0.308. The Balaban J connectivity index is 2.86. The molecule has 1 rings (SSSR count). The fourth-order valence-corrected chi connectivity index (χ4v) is 2.47. The number of alkyl halides is 3. The van der Waals surface area contributed by atoms with Crippen LogP contribution in [0.4, 0.5) is 23.2 Å². The van der Waals surface area contributed by atoms with E-state index in [4.69, 9.17) is 11.6 Å². The van der Waals surface area contributed by atoms with Crippen molar-refractivity contribution < 1.29 is 36.7 Å². The van der Waals surface area contributed by atoms with E-state index in [1.165, 1.54) is 7.11 Å². The minimum Gasteiger partial charge on any atom is -0.468 e. The number of ketones is 1. The van der Waals surface area contributed by atoms with Gasteiger partial charge >= 0.3 is 12.1 Å². The Morgan fingerprint density at radius 1 is 1.29 bits per heavy atom. The molecule has 0 saturated heterocycles. The molecule has 0 radical (unpaired) electrons. The van der Waals surface area contributed by atoms with Gasteiger partial charge in [-0.3, -0.25) is 14.4 Å². The van der Waals surface area contributed by atoms with Crippen LogP contribution in [0.1, 0.15) is 6.42 Å². The third-order valence-electron chi connectivity index (χ3n) is 2.51. The summed E-state index contributed by atoms with van der Waals surface area (Å²) in [6, 6.07) is 1.86. The summed E-state index contributed by atoms with van der Waals surface area (Å²) >= 11 is 6.66. The Labute approximate surface area is 142 Å². The summed E-state index contributed by atoms with van der Waals surface area (Å²) in [6.07, 6.45) is -6.63. The molecule has 0 unspecified atom stereocenters. The topological polar surface area (TPSA) is 72.5 Å². The molecule has 5 nitrogen and oxygen atoms in total. The third kappa shape index (κ3) is 6.00. The normalized spacial score (nSPS) is 11.1. The first kappa shape index (κ1) is 20.2. The quantitative estimate of drug-likeness (QED) is 0.351. The van der Waals surface area contributed by atoms with Gasteiger partial charge in [-0.15, -0.1) is 11.8 Å². The van der Waals surface area contributed by atoms with E-state index in [0.29, 0.717) is 0 Å². The molecule has 0 aliphatic carbocycles. The van der Waals surface area contributed by atoms with Gasteiger partial charge in [0.2, 0.25) is 11.7 Å². The Hall–Kier alpha value is -1.81. The van der Waals surface area contributed by atoms with Crippen LogP contribution in [-0.2, 0) is 19.1 Å². The van der Waals surface area contributed by atoms with E-state index < -0.39 is 41.8 Å². The molecular formula is C13H10ClF4NO4S. The molecule has 0 heterocycles. The summed E-state index contributed by atoms with van der Waals surface area (Å²) in [5.74, 6) is -5.32. The van der Waals surface area contributed by atoms with Crippen LogP contribution in [-0.4, -0.2) is 36.7 Å². The van der Waals surface area contributed by atoms with Gasteiger partial charge in [0.25, 0.3) is 0 Å². The first-order chi connectivity index (χ1) is 11.0. The number of carbonyl (C=O) groups excluding carboxylic acids is 3. The summed E-state index contributed by atoms with van der Waals surface area (Å²) in [7, 11) is 1.17. The Morgan fingerprint density at radius 2 is 1.92 bits per heavy atom. The molecule has 1 aromatic carbocycles. The van der Waals surface area contributed by atoms with Gasteiger partial charge < -0.3 is 10.1 Å². The van der Waals surface area contributed by atoms with Crippen molar-refractivity contribution in [3.63, 3.8) is 0 Å². The number of thioether (sulfide) groups is 1. The molecule has 0 fully saturated rings. The van der Waals surface area contributed by atoms with E-state index in [2.05, 4.69) is 4.74 Å². The van der Waals surface area contributed by atoms with Crippen LogP contribution < -0.4 is 5.32 Å². The van der Waals surface area contributed by atoms with Crippen molar-refractivity contribution in [2.24, 2.45) is 0 Å². The lowest BCUT2D eigenvalue weighted by molar-refractivity contribution is -0.171. The van der Waals surface area contributed by atoms with Gasteiger partial charge in [0, 0.05) is 4.90 Å². The maximum atomic E-state index is 13.7. The number of carbonyl (C=O) groups is 3. The second kappa shape index (κ2) is 8.34. The Bertz CT molecular complexity index is 666. The highest BCUT2D eigenvalue weighted by molar-refractivity contribution is 8.00. The minimum atomic E-state index is -5.16. The SMILES string of the molecule is COC(=O)CSc1cc(NC(=O)CC(=O)C(F)(F)F)c(F)cc1Cl. The molecule has 0 spiro atoms. The van der Waals surface area contributed by atoms with E-state index in [0.717, 1.165) is 23.9 Å². The van der Waals surface area contributed by atoms with Crippen molar-refractivity contribution in [1.82, 2.24) is 0 Å². The van der Waals surface area contributed by atoms with Gasteiger partial charge in [-0.2, -0.15) is 13.2 Å². The number of methoxy groups -OCH3 is 1. The highest BCUT2D eigenvalue weighted by atomic mass is 35.5. The number of anilines is 1. The third-order valence-corrected chi connectivity index (χ3v) is 3.96. The van der Waals surface area contributed by atoms with E-state index >= 15 is 0 Å². The van der Waals surface area contributed by atoms with E-state index in [-0.39, 0.29) is 15.7 Å². The molecule has 0 bridgehead atoms. The van der Waals surface area contributed by atoms with Gasteiger partial charge in [-0.25, -0.2) is 4.39 Å². The van der Waals surface area contributed by atoms with Crippen molar-refractivity contribution in [2.45, 2.75) is 17.5 Å². The standard InChI is InChI=1S/C13H10ClF4NO4S/c1-23-12(22)5-24-9-3-8(7(15)2-6(9)14)19-11(21)4-10(20)13(16,17)18/h2-3H,4-5H2,1H3,(H,19,21). The number of rotatable bonds is 6. The number of hydrogen-bond donors (Lipinski definition) is 1. The minimum absolute atomic E-state index is 0.0641. The Kier molecular flexibility index (Phi) is 7.03. The molecule has 132 valence electrons. The van der Waals surface area contributed by atoms with E-state index in [1.807, 2.05) is 5.32 Å². The van der Waals surface area contributed by atoms with E-state index in [1.54, 1.807) is 0 Å². The summed E-state index contributed by atoms with van der Waals surface area (Å²) in [5, 5.41) is 1.80. The fourth-order valence-electron chi connectivity index (χ4n) is 1.37. The number of benzene rings is 1. The lowest BCUT2D eigenvalue weighted by Crippen LogP contribution is -2.28. The molecule has 0 saturated carbocycles. The molecule has 11 heteroatoms. The predicted octanol–water partition coefficient (Wildman–Crippen LogP) is 3.20. The van der Waals surface area contributed by atoms with Crippen molar-refractivity contribution in [2.75, 3.05) is 18.2 Å². The van der Waals surface area contributed by atoms with Gasteiger partial charge in [0.15, 0.2) is 0 Å². The first-order valence-corrected chi connectivity index (χ1v) is 7.49. The number of ether oxygens (including phenoxy) is 1. The highest BCUT2D eigenvalue weighted by Gasteiger charge is 2.39. The van der Waals surface area contributed by atoms with Crippen molar-refractivity contribution in [3.8, 4) is 0 Å². The number of halogens is 5. The molecule has 1 amide bonds. The zero-order valence-electron chi connectivity index (χ0n) is 12.0. The number of nitrogens with one attached hydrogen (secondary N) is 1. The van der Waals surface area contributed by atoms with Crippen molar-refractivity contribution in [3.05, 3.63) is 23.0 Å². The molecule has 24 heavy (non-hydrogen) atoms. The van der Waals surface area contributed by atoms with Gasteiger partial charge in [0.1, 0.15) is 5.82 Å². The molecule has 1 N–H and O–H groups in total. The van der Waals surface area contributed by atoms with Gasteiger partial charge in [-0.1, -0.05) is 11.6 Å². The van der Waals surface area contributed by atoms with Crippen molar-refractivity contribution >= 4 is 46.7 Å². The monoisotopic (exact) mass is 387 g/mol. The zero-order chi connectivity index (χ0) is 18.5. The molecule has 1 aromatic rings. The van der Waals surface area contributed by atoms with E-state index in [9.17, 15) is 31.9 Å². The smallest absolute Gasteiger partial charge is 0.450 e. The molecule has 0 aliphatic rings. The predicted molar refractivity (Wildman–Crippen MR) is 78.5 cm³/mol. The number of amides is 1. The summed E-state index contributed by atoms with van der Waals surface area (Å²) in [6.45, 7) is 0. The number of hydrogen-bond acceptors (Lipinski definition) is 5. The van der Waals surface area contributed by atoms with Crippen LogP contribution in [0, 0.1) is 5.82 Å². The second-order valence-corrected chi connectivity index (χ2v) is 5.70. The summed E-state index contributed by atoms with van der Waals surface area (Å²) in [5.41, 5.74) is -0.466. The maximum absolute atomic E-state index is 13.7. The highest BCUT2D eigenvalue weighted by Crippen LogP contribution is 2.32. The Morgan fingerprint density at radius 3 is 2.46 bits per heavy atom. The molecule has 0 aromatic heterocycles. The molecular weight excluding hydrogens is 378 g/mol. The average Bonchev–Trinajstić information content (AvgIpc) is 2.47. The van der Waals surface area contributed by atoms with Crippen LogP contribution in [0.2, 0.25) is 5.02 Å². The second-order valence-electron chi connectivity index (χ2n) is 4.27. The average molecular weight is 388 g/mol. The van der Waals surface area contributed by atoms with Crippen LogP contribution in [0.15, 0.2) is 17.0 Å². The summed E-state index contributed by atoms with van der Waals surface area (Å²) in [4.78, 5) is 33.4. The van der Waals surface area contributed by atoms with Crippen LogP contribution in [0.25, 0.3) is 0 Å². The van der Waals surface area contributed by atoms with Gasteiger partial charge in [0.05, 0.1) is 30.0 Å². The maximum Gasteiger partial charge on any atom is 0.450 e. The first-order valence-electron chi connectivity index (χ1n) is 6.13. The number of Topliss-reactive ketones (excluding diaryl/α,β-unsaturated/α-hetero) is 1. The van der Waals surface area contributed by atoms with Crippen LogP contribution in [0.3, 0.4) is 0 Å². The largest absolute Gasteiger partial charge is 0.468 e. The number of esters is 1. The van der Waals surface area contributed by atoms with Crippen LogP contribution in [0.5, 0.6) is 0 Å². The lowest BCUT2D eigenvalue weighted by atomic mass is 10.2. The van der Waals surface area contributed by atoms with Crippen LogP contribution >= 0.6 is 23.4 Å². The summed E-state index contributed by atoms with van der Waals surface area (Å²) < 4.78 is 54.4.